The molecule has 0 aliphatic rings. The highest BCUT2D eigenvalue weighted by Crippen LogP contribution is 2.28. The normalized spacial score (nSPS) is 12.4. The summed E-state index contributed by atoms with van der Waals surface area (Å²) in [5.74, 6) is 1.74. The molecule has 26 heavy (non-hydrogen) atoms. The zero-order chi connectivity index (χ0) is 17.9. The molecule has 0 radical (unpaired) electrons. The maximum absolute atomic E-state index is 5.61. The van der Waals surface area contributed by atoms with Crippen molar-refractivity contribution in [2.24, 2.45) is 0 Å². The van der Waals surface area contributed by atoms with E-state index in [2.05, 4.69) is 28.4 Å². The topological polar surface area (TPSA) is 73.3 Å². The van der Waals surface area contributed by atoms with E-state index in [-0.39, 0.29) is 6.04 Å². The van der Waals surface area contributed by atoms with Crippen LogP contribution in [-0.2, 0) is 6.54 Å². The molecule has 0 aliphatic heterocycles. The monoisotopic (exact) mass is 349 g/mol. The number of hydrogen-bond acceptors (Lipinski definition) is 6. The highest BCUT2D eigenvalue weighted by Gasteiger charge is 2.16. The van der Waals surface area contributed by atoms with Crippen LogP contribution in [0.5, 0.6) is 5.75 Å². The summed E-state index contributed by atoms with van der Waals surface area (Å²) in [6.45, 7) is 2.57. The SMILES string of the molecule is COc1ccccc1-c1nc(CNC(C)c2coc3ccccc23)no1. The maximum atomic E-state index is 5.61. The second kappa shape index (κ2) is 7.01. The summed E-state index contributed by atoms with van der Waals surface area (Å²) in [5.41, 5.74) is 2.77. The zero-order valence-corrected chi connectivity index (χ0v) is 14.6. The van der Waals surface area contributed by atoms with Crippen LogP contribution in [0.1, 0.15) is 24.4 Å². The van der Waals surface area contributed by atoms with Gasteiger partial charge in [0.1, 0.15) is 11.3 Å². The van der Waals surface area contributed by atoms with E-state index in [1.807, 2.05) is 42.5 Å². The van der Waals surface area contributed by atoms with Crippen LogP contribution in [0.3, 0.4) is 0 Å². The van der Waals surface area contributed by atoms with Gasteiger partial charge in [0.15, 0.2) is 5.82 Å². The van der Waals surface area contributed by atoms with Crippen LogP contribution in [0.25, 0.3) is 22.4 Å². The smallest absolute Gasteiger partial charge is 0.261 e. The van der Waals surface area contributed by atoms with Crippen LogP contribution < -0.4 is 10.1 Å². The van der Waals surface area contributed by atoms with Crippen molar-refractivity contribution in [3.8, 4) is 17.2 Å². The highest BCUT2D eigenvalue weighted by atomic mass is 16.5. The number of benzene rings is 2. The van der Waals surface area contributed by atoms with Gasteiger partial charge in [0.2, 0.25) is 0 Å². The minimum absolute atomic E-state index is 0.0897. The molecule has 2 aromatic carbocycles. The largest absolute Gasteiger partial charge is 0.496 e. The lowest BCUT2D eigenvalue weighted by Crippen LogP contribution is -2.18. The number of rotatable bonds is 6. The molecular formula is C20H19N3O3. The fourth-order valence-electron chi connectivity index (χ4n) is 2.94. The molecule has 0 bridgehead atoms. The minimum Gasteiger partial charge on any atom is -0.496 e. The number of nitrogens with zero attached hydrogens (tertiary/aromatic N) is 2. The van der Waals surface area contributed by atoms with Gasteiger partial charge in [0.25, 0.3) is 5.89 Å². The summed E-state index contributed by atoms with van der Waals surface area (Å²) in [4.78, 5) is 4.46. The Hall–Kier alpha value is -3.12. The Balaban J connectivity index is 1.48. The van der Waals surface area contributed by atoms with E-state index in [0.29, 0.717) is 24.0 Å². The summed E-state index contributed by atoms with van der Waals surface area (Å²) in [6, 6.07) is 15.6. The molecule has 0 spiro atoms. The van der Waals surface area contributed by atoms with Crippen LogP contribution in [0.4, 0.5) is 0 Å². The van der Waals surface area contributed by atoms with Crippen molar-refractivity contribution in [1.29, 1.82) is 0 Å². The van der Waals surface area contributed by atoms with Crippen LogP contribution in [-0.4, -0.2) is 17.3 Å². The van der Waals surface area contributed by atoms with Crippen molar-refractivity contribution in [1.82, 2.24) is 15.5 Å². The van der Waals surface area contributed by atoms with Crippen LogP contribution in [0.15, 0.2) is 63.7 Å². The van der Waals surface area contributed by atoms with E-state index in [0.717, 1.165) is 22.1 Å². The predicted octanol–water partition coefficient (Wildman–Crippen LogP) is 4.34. The molecular weight excluding hydrogens is 330 g/mol. The number of para-hydroxylation sites is 2. The molecule has 6 nitrogen and oxygen atoms in total. The van der Waals surface area contributed by atoms with Crippen molar-refractivity contribution in [2.75, 3.05) is 7.11 Å². The first-order valence-electron chi connectivity index (χ1n) is 8.41. The number of ether oxygens (including phenoxy) is 1. The second-order valence-corrected chi connectivity index (χ2v) is 6.01. The zero-order valence-electron chi connectivity index (χ0n) is 14.6. The van der Waals surface area contributed by atoms with E-state index in [1.165, 1.54) is 0 Å². The number of hydrogen-bond donors (Lipinski definition) is 1. The Labute approximate surface area is 150 Å². The molecule has 1 N–H and O–H groups in total. The van der Waals surface area contributed by atoms with Crippen molar-refractivity contribution in [2.45, 2.75) is 19.5 Å². The molecule has 6 heteroatoms. The third kappa shape index (κ3) is 3.07. The molecule has 0 fully saturated rings. The quantitative estimate of drug-likeness (QED) is 0.558. The molecule has 0 aliphatic carbocycles. The molecule has 1 unspecified atom stereocenters. The standard InChI is InChI=1S/C20H19N3O3/c1-13(16-12-25-18-10-6-3-7-14(16)18)21-11-19-22-20(26-23-19)15-8-4-5-9-17(15)24-2/h3-10,12-13,21H,11H2,1-2H3. The minimum atomic E-state index is 0.0897. The molecule has 0 saturated carbocycles. The van der Waals surface area contributed by atoms with Crippen molar-refractivity contribution in [3.05, 3.63) is 66.2 Å². The first-order valence-corrected chi connectivity index (χ1v) is 8.41. The maximum Gasteiger partial charge on any atom is 0.261 e. The molecule has 0 saturated heterocycles. The van der Waals surface area contributed by atoms with Gasteiger partial charge >= 0.3 is 0 Å². The van der Waals surface area contributed by atoms with E-state index < -0.39 is 0 Å². The molecule has 1 atom stereocenters. The molecule has 132 valence electrons. The first kappa shape index (κ1) is 16.4. The van der Waals surface area contributed by atoms with E-state index in [1.54, 1.807) is 13.4 Å². The number of furan rings is 1. The summed E-state index contributed by atoms with van der Waals surface area (Å²) in [5, 5.41) is 8.57. The van der Waals surface area contributed by atoms with Gasteiger partial charge in [0.05, 0.1) is 25.5 Å². The second-order valence-electron chi connectivity index (χ2n) is 6.01. The van der Waals surface area contributed by atoms with E-state index in [4.69, 9.17) is 13.7 Å². The van der Waals surface area contributed by atoms with Crippen LogP contribution in [0, 0.1) is 0 Å². The lowest BCUT2D eigenvalue weighted by atomic mass is 10.1. The fraction of sp³-hybridized carbons (Fsp3) is 0.200. The summed E-state index contributed by atoms with van der Waals surface area (Å²) >= 11 is 0. The van der Waals surface area contributed by atoms with Gasteiger partial charge in [0, 0.05) is 17.0 Å². The van der Waals surface area contributed by atoms with E-state index in [9.17, 15) is 0 Å². The molecule has 4 aromatic rings. The van der Waals surface area contributed by atoms with Gasteiger partial charge in [-0.3, -0.25) is 0 Å². The van der Waals surface area contributed by atoms with E-state index >= 15 is 0 Å². The Morgan fingerprint density at radius 3 is 2.81 bits per heavy atom. The number of aromatic nitrogens is 2. The Bertz CT molecular complexity index is 1020. The van der Waals surface area contributed by atoms with Gasteiger partial charge in [-0.15, -0.1) is 0 Å². The first-order chi connectivity index (χ1) is 12.8. The average Bonchev–Trinajstić information content (AvgIpc) is 3.33. The molecule has 2 aromatic heterocycles. The number of nitrogens with one attached hydrogen (secondary N) is 1. The van der Waals surface area contributed by atoms with Crippen molar-refractivity contribution in [3.63, 3.8) is 0 Å². The number of methoxy groups -OCH3 is 1. The Kier molecular flexibility index (Phi) is 4.41. The van der Waals surface area contributed by atoms with Crippen LogP contribution in [0.2, 0.25) is 0 Å². The summed E-state index contributed by atoms with van der Waals surface area (Å²) in [7, 11) is 1.62. The lowest BCUT2D eigenvalue weighted by molar-refractivity contribution is 0.401. The highest BCUT2D eigenvalue weighted by molar-refractivity contribution is 5.81. The van der Waals surface area contributed by atoms with Gasteiger partial charge in [-0.25, -0.2) is 0 Å². The Morgan fingerprint density at radius 1 is 1.12 bits per heavy atom. The van der Waals surface area contributed by atoms with Crippen molar-refractivity contribution >= 4 is 11.0 Å². The van der Waals surface area contributed by atoms with Gasteiger partial charge in [-0.05, 0) is 25.1 Å². The van der Waals surface area contributed by atoms with Gasteiger partial charge in [-0.2, -0.15) is 4.98 Å². The summed E-state index contributed by atoms with van der Waals surface area (Å²) in [6.07, 6.45) is 1.79. The lowest BCUT2D eigenvalue weighted by Gasteiger charge is -2.10. The molecule has 0 amide bonds. The predicted molar refractivity (Wildman–Crippen MR) is 97.8 cm³/mol. The molecule has 2 heterocycles. The number of fused-ring (bicyclic) bond motifs is 1. The van der Waals surface area contributed by atoms with Crippen molar-refractivity contribution < 1.29 is 13.7 Å². The third-order valence-corrected chi connectivity index (χ3v) is 4.35. The third-order valence-electron chi connectivity index (χ3n) is 4.35. The fourth-order valence-corrected chi connectivity index (χ4v) is 2.94. The van der Waals surface area contributed by atoms with Gasteiger partial charge in [-0.1, -0.05) is 35.5 Å². The average molecular weight is 349 g/mol. The Morgan fingerprint density at radius 2 is 1.92 bits per heavy atom. The van der Waals surface area contributed by atoms with Crippen LogP contribution >= 0.6 is 0 Å². The molecule has 4 rings (SSSR count). The summed E-state index contributed by atoms with van der Waals surface area (Å²) < 4.78 is 16.3. The van der Waals surface area contributed by atoms with Gasteiger partial charge < -0.3 is 19.0 Å².